The summed E-state index contributed by atoms with van der Waals surface area (Å²) in [4.78, 5) is 0. The first-order valence-corrected chi connectivity index (χ1v) is 6.07. The highest BCUT2D eigenvalue weighted by Gasteiger charge is 2.11. The molecule has 0 aromatic heterocycles. The van der Waals surface area contributed by atoms with Gasteiger partial charge < -0.3 is 5.32 Å². The lowest BCUT2D eigenvalue weighted by Gasteiger charge is -2.22. The van der Waals surface area contributed by atoms with Gasteiger partial charge in [0.15, 0.2) is 0 Å². The van der Waals surface area contributed by atoms with E-state index in [0.717, 1.165) is 11.8 Å². The van der Waals surface area contributed by atoms with E-state index < -0.39 is 0 Å². The van der Waals surface area contributed by atoms with Crippen molar-refractivity contribution < 1.29 is 0 Å². The maximum atomic E-state index is 3.65. The van der Waals surface area contributed by atoms with Crippen LogP contribution in [0.25, 0.3) is 0 Å². The molecule has 2 atom stereocenters. The molecule has 0 aliphatic heterocycles. The van der Waals surface area contributed by atoms with Crippen LogP contribution >= 0.6 is 0 Å². The molecule has 0 aromatic carbocycles. The molecule has 2 unspecified atom stereocenters. The smallest absolute Gasteiger partial charge is 0.00412 e. The van der Waals surface area contributed by atoms with E-state index in [4.69, 9.17) is 0 Å². The number of hydrogen-bond donors (Lipinski definition) is 1. The number of nitrogens with one attached hydrogen (secondary N) is 1. The maximum absolute atomic E-state index is 3.65. The third-order valence-electron chi connectivity index (χ3n) is 2.96. The van der Waals surface area contributed by atoms with Gasteiger partial charge in [0.1, 0.15) is 0 Å². The summed E-state index contributed by atoms with van der Waals surface area (Å²) in [5.74, 6) is 1.69. The van der Waals surface area contributed by atoms with Gasteiger partial charge in [-0.1, -0.05) is 26.0 Å². The summed E-state index contributed by atoms with van der Waals surface area (Å²) in [7, 11) is 0. The highest BCUT2D eigenvalue weighted by molar-refractivity contribution is 4.90. The fourth-order valence-corrected chi connectivity index (χ4v) is 2.20. The summed E-state index contributed by atoms with van der Waals surface area (Å²) >= 11 is 0. The first-order valence-electron chi connectivity index (χ1n) is 6.07. The van der Waals surface area contributed by atoms with Crippen LogP contribution < -0.4 is 5.32 Å². The number of rotatable bonds is 5. The van der Waals surface area contributed by atoms with E-state index in [2.05, 4.69) is 38.2 Å². The Balaban J connectivity index is 2.10. The molecular formula is C13H25N. The molecule has 1 nitrogen and oxygen atoms in total. The van der Waals surface area contributed by atoms with Crippen LogP contribution in [0.5, 0.6) is 0 Å². The van der Waals surface area contributed by atoms with Gasteiger partial charge in [0.25, 0.3) is 0 Å². The fraction of sp³-hybridized carbons (Fsp3) is 0.846. The topological polar surface area (TPSA) is 12.0 Å². The highest BCUT2D eigenvalue weighted by atomic mass is 14.9. The number of hydrogen-bond acceptors (Lipinski definition) is 1. The Bertz CT molecular complexity index is 172. The summed E-state index contributed by atoms with van der Waals surface area (Å²) in [6, 6.07) is 0.681. The van der Waals surface area contributed by atoms with E-state index in [9.17, 15) is 0 Å². The van der Waals surface area contributed by atoms with Crippen LogP contribution in [-0.4, -0.2) is 12.6 Å². The molecule has 0 aromatic rings. The Labute approximate surface area is 89.0 Å². The Morgan fingerprint density at radius 3 is 2.64 bits per heavy atom. The molecule has 0 heterocycles. The van der Waals surface area contributed by atoms with Crippen LogP contribution in [0.4, 0.5) is 0 Å². The average molecular weight is 195 g/mol. The van der Waals surface area contributed by atoms with Gasteiger partial charge >= 0.3 is 0 Å². The quantitative estimate of drug-likeness (QED) is 0.663. The van der Waals surface area contributed by atoms with Gasteiger partial charge in [0.2, 0.25) is 0 Å². The molecule has 0 bridgehead atoms. The lowest BCUT2D eigenvalue weighted by atomic mass is 9.94. The van der Waals surface area contributed by atoms with Crippen molar-refractivity contribution in [3.05, 3.63) is 12.2 Å². The predicted octanol–water partition coefficient (Wildman–Crippen LogP) is 3.37. The van der Waals surface area contributed by atoms with Gasteiger partial charge in [0, 0.05) is 6.04 Å². The van der Waals surface area contributed by atoms with Gasteiger partial charge in [-0.2, -0.15) is 0 Å². The molecule has 14 heavy (non-hydrogen) atoms. The zero-order valence-corrected chi connectivity index (χ0v) is 9.92. The van der Waals surface area contributed by atoms with E-state index in [1.165, 1.54) is 32.2 Å². The minimum Gasteiger partial charge on any atom is -0.314 e. The second-order valence-corrected chi connectivity index (χ2v) is 5.09. The fourth-order valence-electron chi connectivity index (χ4n) is 2.20. The van der Waals surface area contributed by atoms with Gasteiger partial charge in [0.05, 0.1) is 0 Å². The third kappa shape index (κ3) is 4.80. The number of allylic oxidation sites excluding steroid dienone is 2. The van der Waals surface area contributed by atoms with Crippen molar-refractivity contribution in [2.75, 3.05) is 6.54 Å². The zero-order valence-electron chi connectivity index (χ0n) is 9.92. The van der Waals surface area contributed by atoms with Crippen LogP contribution in [0.3, 0.4) is 0 Å². The monoisotopic (exact) mass is 195 g/mol. The van der Waals surface area contributed by atoms with Crippen molar-refractivity contribution in [1.82, 2.24) is 5.32 Å². The molecule has 1 aliphatic rings. The first kappa shape index (κ1) is 11.8. The molecule has 0 saturated carbocycles. The molecule has 1 aliphatic carbocycles. The molecule has 0 saturated heterocycles. The van der Waals surface area contributed by atoms with Crippen LogP contribution in [0, 0.1) is 11.8 Å². The average Bonchev–Trinajstić information content (AvgIpc) is 2.15. The second-order valence-electron chi connectivity index (χ2n) is 5.09. The van der Waals surface area contributed by atoms with Crippen LogP contribution in [0.15, 0.2) is 12.2 Å². The van der Waals surface area contributed by atoms with E-state index in [1.54, 1.807) is 0 Å². The summed E-state index contributed by atoms with van der Waals surface area (Å²) in [6.45, 7) is 8.10. The molecule has 82 valence electrons. The first-order chi connectivity index (χ1) is 6.68. The Morgan fingerprint density at radius 1 is 1.29 bits per heavy atom. The third-order valence-corrected chi connectivity index (χ3v) is 2.96. The maximum Gasteiger partial charge on any atom is 0.00412 e. The van der Waals surface area contributed by atoms with Crippen LogP contribution in [0.1, 0.15) is 46.5 Å². The summed E-state index contributed by atoms with van der Waals surface area (Å²) in [5, 5.41) is 3.65. The predicted molar refractivity (Wildman–Crippen MR) is 63.4 cm³/mol. The lowest BCUT2D eigenvalue weighted by molar-refractivity contribution is 0.379. The van der Waals surface area contributed by atoms with Gasteiger partial charge in [-0.3, -0.25) is 0 Å². The molecule has 0 amide bonds. The molecule has 1 rings (SSSR count). The van der Waals surface area contributed by atoms with E-state index in [1.807, 2.05) is 0 Å². The minimum atomic E-state index is 0.681. The zero-order chi connectivity index (χ0) is 10.4. The molecule has 0 fully saturated rings. The largest absolute Gasteiger partial charge is 0.314 e. The van der Waals surface area contributed by atoms with Crippen molar-refractivity contribution in [3.8, 4) is 0 Å². The molecular weight excluding hydrogens is 170 g/mol. The van der Waals surface area contributed by atoms with Gasteiger partial charge in [-0.15, -0.1) is 0 Å². The lowest BCUT2D eigenvalue weighted by Crippen LogP contribution is -2.32. The van der Waals surface area contributed by atoms with Gasteiger partial charge in [-0.05, 0) is 51.0 Å². The van der Waals surface area contributed by atoms with Crippen molar-refractivity contribution in [1.29, 1.82) is 0 Å². The Morgan fingerprint density at radius 2 is 2.07 bits per heavy atom. The minimum absolute atomic E-state index is 0.681. The van der Waals surface area contributed by atoms with Crippen molar-refractivity contribution in [2.24, 2.45) is 11.8 Å². The summed E-state index contributed by atoms with van der Waals surface area (Å²) < 4.78 is 0. The molecule has 0 radical (unpaired) electrons. The van der Waals surface area contributed by atoms with Crippen molar-refractivity contribution in [3.63, 3.8) is 0 Å². The highest BCUT2D eigenvalue weighted by Crippen LogP contribution is 2.17. The SMILES string of the molecule is CC(C)CC(C)NCC1CC=CCC1. The molecule has 1 N–H and O–H groups in total. The Hall–Kier alpha value is -0.300. The van der Waals surface area contributed by atoms with Crippen LogP contribution in [-0.2, 0) is 0 Å². The summed E-state index contributed by atoms with van der Waals surface area (Å²) in [6.07, 6.45) is 9.88. The van der Waals surface area contributed by atoms with Crippen LogP contribution in [0.2, 0.25) is 0 Å². The van der Waals surface area contributed by atoms with Gasteiger partial charge in [-0.25, -0.2) is 0 Å². The van der Waals surface area contributed by atoms with E-state index in [-0.39, 0.29) is 0 Å². The normalized spacial score (nSPS) is 24.1. The second kappa shape index (κ2) is 6.23. The molecule has 0 spiro atoms. The summed E-state index contributed by atoms with van der Waals surface area (Å²) in [5.41, 5.74) is 0. The van der Waals surface area contributed by atoms with Crippen molar-refractivity contribution in [2.45, 2.75) is 52.5 Å². The van der Waals surface area contributed by atoms with E-state index >= 15 is 0 Å². The van der Waals surface area contributed by atoms with Crippen molar-refractivity contribution >= 4 is 0 Å². The molecule has 1 heteroatoms. The van der Waals surface area contributed by atoms with E-state index in [0.29, 0.717) is 6.04 Å². The Kier molecular flexibility index (Phi) is 5.24. The standard InChI is InChI=1S/C13H25N/c1-11(2)9-12(3)14-10-13-7-5-4-6-8-13/h4-5,11-14H,6-10H2,1-3H3.